The Balaban J connectivity index is 1.80. The van der Waals surface area contributed by atoms with E-state index < -0.39 is 10.0 Å². The summed E-state index contributed by atoms with van der Waals surface area (Å²) < 4.78 is 26.6. The van der Waals surface area contributed by atoms with Gasteiger partial charge in [-0.05, 0) is 42.5 Å². The zero-order valence-electron chi connectivity index (χ0n) is 16.6. The number of anilines is 5. The van der Waals surface area contributed by atoms with E-state index in [1.54, 1.807) is 36.4 Å². The summed E-state index contributed by atoms with van der Waals surface area (Å²) in [5.74, 6) is 0.823. The third-order valence-electron chi connectivity index (χ3n) is 4.43. The number of nitrogens with zero attached hydrogens (tertiary/aromatic N) is 3. The van der Waals surface area contributed by atoms with Gasteiger partial charge in [-0.3, -0.25) is 0 Å². The molecule has 10 heteroatoms. The molecule has 0 fully saturated rings. The van der Waals surface area contributed by atoms with Gasteiger partial charge in [-0.2, -0.15) is 4.31 Å². The van der Waals surface area contributed by atoms with E-state index in [0.717, 1.165) is 5.69 Å². The predicted octanol–water partition coefficient (Wildman–Crippen LogP) is 4.23. The van der Waals surface area contributed by atoms with E-state index in [9.17, 15) is 8.42 Å². The first kappa shape index (κ1) is 21.8. The number of benzene rings is 2. The van der Waals surface area contributed by atoms with E-state index in [-0.39, 0.29) is 4.90 Å². The lowest BCUT2D eigenvalue weighted by Gasteiger charge is -2.18. The van der Waals surface area contributed by atoms with Crippen molar-refractivity contribution in [3.8, 4) is 0 Å². The molecule has 0 bridgehead atoms. The van der Waals surface area contributed by atoms with Gasteiger partial charge >= 0.3 is 0 Å². The molecule has 30 heavy (non-hydrogen) atoms. The number of nitrogens with one attached hydrogen (secondary N) is 2. The molecule has 0 aliphatic rings. The Kier molecular flexibility index (Phi) is 6.76. The zero-order valence-corrected chi connectivity index (χ0v) is 18.2. The van der Waals surface area contributed by atoms with E-state index in [4.69, 9.17) is 17.3 Å². The fourth-order valence-corrected chi connectivity index (χ4v) is 4.51. The Morgan fingerprint density at radius 1 is 0.967 bits per heavy atom. The molecule has 2 aromatic carbocycles. The summed E-state index contributed by atoms with van der Waals surface area (Å²) in [6, 6.07) is 13.6. The molecular weight excluding hydrogens is 424 g/mol. The van der Waals surface area contributed by atoms with Crippen LogP contribution in [0.3, 0.4) is 0 Å². The van der Waals surface area contributed by atoms with E-state index in [0.29, 0.717) is 41.1 Å². The van der Waals surface area contributed by atoms with Crippen LogP contribution in [0, 0.1) is 0 Å². The molecule has 0 atom stereocenters. The molecule has 0 saturated carbocycles. The number of nitrogens with two attached hydrogens (primary N) is 1. The van der Waals surface area contributed by atoms with Crippen molar-refractivity contribution in [1.29, 1.82) is 0 Å². The first-order valence-electron chi connectivity index (χ1n) is 9.35. The Morgan fingerprint density at radius 2 is 1.57 bits per heavy atom. The number of sulfonamides is 1. The van der Waals surface area contributed by atoms with E-state index in [2.05, 4.69) is 20.6 Å². The fraction of sp³-hybridized carbons (Fsp3) is 0.200. The molecule has 1 aromatic heterocycles. The molecule has 0 aliphatic heterocycles. The van der Waals surface area contributed by atoms with Crippen molar-refractivity contribution in [3.63, 3.8) is 0 Å². The van der Waals surface area contributed by atoms with Crippen molar-refractivity contribution < 1.29 is 8.42 Å². The van der Waals surface area contributed by atoms with E-state index >= 15 is 0 Å². The number of nitrogen functional groups attached to an aromatic ring is 1. The second-order valence-corrected chi connectivity index (χ2v) is 8.73. The molecule has 0 aliphatic carbocycles. The first-order valence-corrected chi connectivity index (χ1v) is 11.2. The third-order valence-corrected chi connectivity index (χ3v) is 6.73. The van der Waals surface area contributed by atoms with Crippen LogP contribution in [-0.4, -0.2) is 35.8 Å². The number of halogens is 1. The number of hydrogen-bond acceptors (Lipinski definition) is 7. The normalized spacial score (nSPS) is 11.5. The van der Waals surface area contributed by atoms with Gasteiger partial charge in [0.25, 0.3) is 0 Å². The quantitative estimate of drug-likeness (QED) is 0.474. The molecule has 3 rings (SSSR count). The van der Waals surface area contributed by atoms with Crippen LogP contribution in [-0.2, 0) is 10.0 Å². The molecule has 158 valence electrons. The summed E-state index contributed by atoms with van der Waals surface area (Å²) in [7, 11) is -3.51. The summed E-state index contributed by atoms with van der Waals surface area (Å²) in [6.07, 6.45) is 1.38. The van der Waals surface area contributed by atoms with Gasteiger partial charge in [0, 0.05) is 29.5 Å². The highest BCUT2D eigenvalue weighted by Gasteiger charge is 2.21. The van der Waals surface area contributed by atoms with Gasteiger partial charge in [0.15, 0.2) is 11.6 Å². The van der Waals surface area contributed by atoms with Crippen LogP contribution in [0.2, 0.25) is 5.02 Å². The molecule has 0 saturated heterocycles. The minimum Gasteiger partial charge on any atom is -0.393 e. The summed E-state index contributed by atoms with van der Waals surface area (Å²) in [5, 5.41) is 6.79. The largest absolute Gasteiger partial charge is 0.393 e. The molecule has 0 radical (unpaired) electrons. The van der Waals surface area contributed by atoms with Gasteiger partial charge in [0.1, 0.15) is 12.0 Å². The lowest BCUT2D eigenvalue weighted by Crippen LogP contribution is -2.30. The van der Waals surface area contributed by atoms with Crippen molar-refractivity contribution in [3.05, 3.63) is 59.9 Å². The van der Waals surface area contributed by atoms with Crippen LogP contribution in [0.15, 0.2) is 59.8 Å². The SMILES string of the molecule is CCN(CC)S(=O)(=O)c1ccc(Nc2ncnc(Nc3cccc(Cl)c3)c2N)cc1. The highest BCUT2D eigenvalue weighted by molar-refractivity contribution is 7.89. The maximum absolute atomic E-state index is 12.6. The molecule has 4 N–H and O–H groups in total. The van der Waals surface area contributed by atoms with Crippen LogP contribution in [0.5, 0.6) is 0 Å². The number of hydrogen-bond donors (Lipinski definition) is 3. The van der Waals surface area contributed by atoms with Gasteiger partial charge in [0.2, 0.25) is 10.0 Å². The Labute approximate surface area is 181 Å². The monoisotopic (exact) mass is 446 g/mol. The maximum Gasteiger partial charge on any atom is 0.243 e. The van der Waals surface area contributed by atoms with E-state index in [1.165, 1.54) is 10.6 Å². The summed E-state index contributed by atoms with van der Waals surface area (Å²) >= 11 is 6.01. The number of rotatable bonds is 8. The molecule has 0 amide bonds. The third kappa shape index (κ3) is 4.81. The standard InChI is InChI=1S/C20H23ClN6O2S/c1-3-27(4-2)30(28,29)17-10-8-15(9-11-17)25-19-18(22)20(24-13-23-19)26-16-7-5-6-14(21)12-16/h5-13H,3-4,22H2,1-2H3,(H2,23,24,25,26). The van der Waals surface area contributed by atoms with Gasteiger partial charge < -0.3 is 16.4 Å². The Morgan fingerprint density at radius 3 is 2.13 bits per heavy atom. The van der Waals surface area contributed by atoms with Crippen molar-refractivity contribution in [2.24, 2.45) is 0 Å². The molecule has 3 aromatic rings. The number of aromatic nitrogens is 2. The van der Waals surface area contributed by atoms with Crippen LogP contribution in [0.4, 0.5) is 28.7 Å². The minimum atomic E-state index is -3.51. The highest BCUT2D eigenvalue weighted by Crippen LogP contribution is 2.29. The molecule has 1 heterocycles. The molecular formula is C20H23ClN6O2S. The second-order valence-electron chi connectivity index (χ2n) is 6.36. The first-order chi connectivity index (χ1) is 14.3. The van der Waals surface area contributed by atoms with Crippen LogP contribution < -0.4 is 16.4 Å². The average Bonchev–Trinajstić information content (AvgIpc) is 2.72. The predicted molar refractivity (Wildman–Crippen MR) is 121 cm³/mol. The second kappa shape index (κ2) is 9.29. The molecule has 8 nitrogen and oxygen atoms in total. The van der Waals surface area contributed by atoms with Crippen LogP contribution >= 0.6 is 11.6 Å². The van der Waals surface area contributed by atoms with Gasteiger partial charge in [-0.1, -0.05) is 31.5 Å². The lowest BCUT2D eigenvalue weighted by atomic mass is 10.3. The summed E-state index contributed by atoms with van der Waals surface area (Å²) in [6.45, 7) is 4.45. The average molecular weight is 447 g/mol. The van der Waals surface area contributed by atoms with Crippen molar-refractivity contribution in [1.82, 2.24) is 14.3 Å². The lowest BCUT2D eigenvalue weighted by molar-refractivity contribution is 0.445. The molecule has 0 unspecified atom stereocenters. The highest BCUT2D eigenvalue weighted by atomic mass is 35.5. The Bertz CT molecular complexity index is 1120. The zero-order chi connectivity index (χ0) is 21.7. The van der Waals surface area contributed by atoms with Crippen molar-refractivity contribution in [2.45, 2.75) is 18.7 Å². The minimum absolute atomic E-state index is 0.232. The fourth-order valence-electron chi connectivity index (χ4n) is 2.86. The summed E-state index contributed by atoms with van der Waals surface area (Å²) in [4.78, 5) is 8.59. The van der Waals surface area contributed by atoms with E-state index in [1.807, 2.05) is 26.0 Å². The topological polar surface area (TPSA) is 113 Å². The maximum atomic E-state index is 12.6. The van der Waals surface area contributed by atoms with Gasteiger partial charge in [0.05, 0.1) is 4.90 Å². The van der Waals surface area contributed by atoms with Crippen molar-refractivity contribution >= 4 is 50.3 Å². The van der Waals surface area contributed by atoms with Gasteiger partial charge in [-0.15, -0.1) is 0 Å². The Hall–Kier alpha value is -2.88. The van der Waals surface area contributed by atoms with Gasteiger partial charge in [-0.25, -0.2) is 18.4 Å². The van der Waals surface area contributed by atoms with Crippen LogP contribution in [0.1, 0.15) is 13.8 Å². The van der Waals surface area contributed by atoms with Crippen LogP contribution in [0.25, 0.3) is 0 Å². The smallest absolute Gasteiger partial charge is 0.243 e. The van der Waals surface area contributed by atoms with Crippen molar-refractivity contribution in [2.75, 3.05) is 29.5 Å². The summed E-state index contributed by atoms with van der Waals surface area (Å²) in [5.41, 5.74) is 7.91. The molecule has 0 spiro atoms.